The van der Waals surface area contributed by atoms with Gasteiger partial charge in [0.05, 0.1) is 6.54 Å². The van der Waals surface area contributed by atoms with Crippen LogP contribution in [0.2, 0.25) is 0 Å². The van der Waals surface area contributed by atoms with Gasteiger partial charge in [0.2, 0.25) is 5.91 Å². The first-order valence-electron chi connectivity index (χ1n) is 5.48. The number of aromatic nitrogens is 3. The lowest BCUT2D eigenvalue weighted by atomic mass is 10.1. The summed E-state index contributed by atoms with van der Waals surface area (Å²) in [6.45, 7) is 2.45. The summed E-state index contributed by atoms with van der Waals surface area (Å²) in [6, 6.07) is -0.0514. The number of carbonyl (C=O) groups is 1. The van der Waals surface area contributed by atoms with Crippen LogP contribution in [-0.4, -0.2) is 26.7 Å². The summed E-state index contributed by atoms with van der Waals surface area (Å²) in [6.07, 6.45) is 3.84. The molecule has 0 bridgehead atoms. The average molecular weight is 225 g/mol. The van der Waals surface area contributed by atoms with E-state index in [0.717, 1.165) is 18.7 Å². The van der Waals surface area contributed by atoms with Gasteiger partial charge >= 0.3 is 0 Å². The second-order valence-electron chi connectivity index (χ2n) is 3.89. The van der Waals surface area contributed by atoms with Crippen LogP contribution >= 0.6 is 0 Å². The molecule has 1 heterocycles. The molecule has 0 aliphatic heterocycles. The predicted molar refractivity (Wildman–Crippen MR) is 60.4 cm³/mol. The van der Waals surface area contributed by atoms with Gasteiger partial charge in [0, 0.05) is 19.5 Å². The molecule has 1 aromatic heterocycles. The molecule has 90 valence electrons. The highest BCUT2D eigenvalue weighted by Gasteiger charge is 2.09. The molecule has 1 aromatic rings. The van der Waals surface area contributed by atoms with Gasteiger partial charge in [0.1, 0.15) is 6.33 Å². The zero-order chi connectivity index (χ0) is 12.0. The molecule has 1 unspecified atom stereocenters. The van der Waals surface area contributed by atoms with E-state index < -0.39 is 0 Å². The third-order valence-corrected chi connectivity index (χ3v) is 2.36. The van der Waals surface area contributed by atoms with Gasteiger partial charge in [0.25, 0.3) is 0 Å². The fraction of sp³-hybridized carbons (Fsp3) is 0.700. The van der Waals surface area contributed by atoms with Gasteiger partial charge in [-0.3, -0.25) is 4.79 Å². The summed E-state index contributed by atoms with van der Waals surface area (Å²) < 4.78 is 1.77. The standard InChI is InChI=1S/C10H19N5O/c1-3-4-8(11)5-10(16)12-6-9-14-13-7-15(9)2/h7-8H,3-6,11H2,1-2H3,(H,12,16). The van der Waals surface area contributed by atoms with Crippen LogP contribution in [-0.2, 0) is 18.4 Å². The van der Waals surface area contributed by atoms with Crippen molar-refractivity contribution in [2.24, 2.45) is 12.8 Å². The van der Waals surface area contributed by atoms with E-state index in [0.29, 0.717) is 13.0 Å². The molecule has 0 saturated heterocycles. The van der Waals surface area contributed by atoms with Crippen LogP contribution in [0.25, 0.3) is 0 Å². The SMILES string of the molecule is CCCC(N)CC(=O)NCc1nncn1C. The number of aryl methyl sites for hydroxylation is 1. The number of nitrogens with two attached hydrogens (primary N) is 1. The molecule has 0 aliphatic rings. The number of hydrogen-bond donors (Lipinski definition) is 2. The minimum atomic E-state index is -0.0514. The first-order chi connectivity index (χ1) is 7.63. The second-order valence-corrected chi connectivity index (χ2v) is 3.89. The van der Waals surface area contributed by atoms with E-state index >= 15 is 0 Å². The maximum Gasteiger partial charge on any atom is 0.221 e. The van der Waals surface area contributed by atoms with Crippen LogP contribution in [0.5, 0.6) is 0 Å². The van der Waals surface area contributed by atoms with E-state index in [4.69, 9.17) is 5.73 Å². The van der Waals surface area contributed by atoms with Gasteiger partial charge < -0.3 is 15.6 Å². The van der Waals surface area contributed by atoms with Crippen LogP contribution in [0.1, 0.15) is 32.0 Å². The number of nitrogens with one attached hydrogen (secondary N) is 1. The van der Waals surface area contributed by atoms with Crippen molar-refractivity contribution in [3.63, 3.8) is 0 Å². The molecule has 0 spiro atoms. The zero-order valence-corrected chi connectivity index (χ0v) is 9.81. The van der Waals surface area contributed by atoms with Crippen molar-refractivity contribution in [1.29, 1.82) is 0 Å². The highest BCUT2D eigenvalue weighted by atomic mass is 16.1. The summed E-state index contributed by atoms with van der Waals surface area (Å²) in [5, 5.41) is 10.4. The highest BCUT2D eigenvalue weighted by Crippen LogP contribution is 1.98. The molecule has 1 rings (SSSR count). The third kappa shape index (κ3) is 3.98. The fourth-order valence-corrected chi connectivity index (χ4v) is 1.43. The Morgan fingerprint density at radius 3 is 3.00 bits per heavy atom. The normalized spacial score (nSPS) is 12.4. The largest absolute Gasteiger partial charge is 0.349 e. The van der Waals surface area contributed by atoms with E-state index in [9.17, 15) is 4.79 Å². The van der Waals surface area contributed by atoms with Gasteiger partial charge in [-0.25, -0.2) is 0 Å². The molecule has 3 N–H and O–H groups in total. The van der Waals surface area contributed by atoms with Crippen molar-refractivity contribution in [1.82, 2.24) is 20.1 Å². The molecule has 1 atom stereocenters. The maximum atomic E-state index is 11.5. The number of rotatable bonds is 6. The topological polar surface area (TPSA) is 85.8 Å². The molecule has 0 fully saturated rings. The molecule has 6 nitrogen and oxygen atoms in total. The second kappa shape index (κ2) is 6.22. The first-order valence-corrected chi connectivity index (χ1v) is 5.48. The summed E-state index contributed by atoms with van der Waals surface area (Å²) in [7, 11) is 1.84. The smallest absolute Gasteiger partial charge is 0.221 e. The van der Waals surface area contributed by atoms with Crippen molar-refractivity contribution < 1.29 is 4.79 Å². The van der Waals surface area contributed by atoms with Crippen LogP contribution in [0, 0.1) is 0 Å². The third-order valence-electron chi connectivity index (χ3n) is 2.36. The van der Waals surface area contributed by atoms with E-state index in [1.165, 1.54) is 0 Å². The fourth-order valence-electron chi connectivity index (χ4n) is 1.43. The van der Waals surface area contributed by atoms with Crippen LogP contribution in [0.15, 0.2) is 6.33 Å². The Bertz CT molecular complexity index is 336. The summed E-state index contributed by atoms with van der Waals surface area (Å²) in [5.41, 5.74) is 5.77. The van der Waals surface area contributed by atoms with E-state index in [-0.39, 0.29) is 11.9 Å². The Balaban J connectivity index is 2.28. The van der Waals surface area contributed by atoms with Crippen LogP contribution in [0.3, 0.4) is 0 Å². The molecule has 0 saturated carbocycles. The molecule has 0 aliphatic carbocycles. The van der Waals surface area contributed by atoms with Crippen LogP contribution < -0.4 is 11.1 Å². The van der Waals surface area contributed by atoms with Crippen molar-refractivity contribution in [2.45, 2.75) is 38.8 Å². The van der Waals surface area contributed by atoms with Crippen molar-refractivity contribution in [3.8, 4) is 0 Å². The maximum absolute atomic E-state index is 11.5. The van der Waals surface area contributed by atoms with Gasteiger partial charge in [0.15, 0.2) is 5.82 Å². The molecular weight excluding hydrogens is 206 g/mol. The lowest BCUT2D eigenvalue weighted by molar-refractivity contribution is -0.121. The monoisotopic (exact) mass is 225 g/mol. The average Bonchev–Trinajstić information content (AvgIpc) is 2.61. The summed E-state index contributed by atoms with van der Waals surface area (Å²) in [5.74, 6) is 0.696. The Hall–Kier alpha value is -1.43. The molecule has 16 heavy (non-hydrogen) atoms. The molecule has 0 aromatic carbocycles. The number of carbonyl (C=O) groups excluding carboxylic acids is 1. The Morgan fingerprint density at radius 2 is 2.44 bits per heavy atom. The number of amides is 1. The molecule has 6 heteroatoms. The summed E-state index contributed by atoms with van der Waals surface area (Å²) >= 11 is 0. The summed E-state index contributed by atoms with van der Waals surface area (Å²) in [4.78, 5) is 11.5. The Kier molecular flexibility index (Phi) is 4.91. The molecule has 0 radical (unpaired) electrons. The van der Waals surface area contributed by atoms with E-state index in [2.05, 4.69) is 22.4 Å². The first kappa shape index (κ1) is 12.6. The van der Waals surface area contributed by atoms with Gasteiger partial charge in [-0.1, -0.05) is 13.3 Å². The number of nitrogens with zero attached hydrogens (tertiary/aromatic N) is 3. The number of hydrogen-bond acceptors (Lipinski definition) is 4. The lowest BCUT2D eigenvalue weighted by Gasteiger charge is -2.10. The Labute approximate surface area is 95.2 Å². The Morgan fingerprint density at radius 1 is 1.69 bits per heavy atom. The predicted octanol–water partition coefficient (Wildman–Crippen LogP) is -0.0512. The minimum Gasteiger partial charge on any atom is -0.349 e. The van der Waals surface area contributed by atoms with E-state index in [1.807, 2.05) is 7.05 Å². The van der Waals surface area contributed by atoms with Crippen molar-refractivity contribution in [3.05, 3.63) is 12.2 Å². The molecule has 1 amide bonds. The van der Waals surface area contributed by atoms with Gasteiger partial charge in [-0.15, -0.1) is 10.2 Å². The van der Waals surface area contributed by atoms with Crippen LogP contribution in [0.4, 0.5) is 0 Å². The minimum absolute atomic E-state index is 0.0380. The quantitative estimate of drug-likeness (QED) is 0.710. The van der Waals surface area contributed by atoms with Crippen molar-refractivity contribution in [2.75, 3.05) is 0 Å². The van der Waals surface area contributed by atoms with E-state index in [1.54, 1.807) is 10.9 Å². The lowest BCUT2D eigenvalue weighted by Crippen LogP contribution is -2.31. The molecular formula is C10H19N5O. The highest BCUT2D eigenvalue weighted by molar-refractivity contribution is 5.76. The van der Waals surface area contributed by atoms with Gasteiger partial charge in [-0.2, -0.15) is 0 Å². The zero-order valence-electron chi connectivity index (χ0n) is 9.81. The van der Waals surface area contributed by atoms with Crippen molar-refractivity contribution >= 4 is 5.91 Å². The van der Waals surface area contributed by atoms with Gasteiger partial charge in [-0.05, 0) is 6.42 Å².